The molecule has 0 amide bonds. The van der Waals surface area contributed by atoms with Gasteiger partial charge in [0.25, 0.3) is 0 Å². The van der Waals surface area contributed by atoms with Gasteiger partial charge < -0.3 is 0 Å². The molecule has 0 aromatic heterocycles. The third-order valence-corrected chi connectivity index (χ3v) is 8.35. The Bertz CT molecular complexity index is 240. The van der Waals surface area contributed by atoms with Crippen LogP contribution >= 0.6 is 0 Å². The summed E-state index contributed by atoms with van der Waals surface area (Å²) in [7, 11) is -0.940. The van der Waals surface area contributed by atoms with Gasteiger partial charge in [-0.2, -0.15) is 0 Å². The maximum Gasteiger partial charge on any atom is 0.0796 e. The molecule has 2 nitrogen and oxygen atoms in total. The molecule has 0 radical (unpaired) electrons. The first kappa shape index (κ1) is 20.9. The van der Waals surface area contributed by atoms with Crippen LogP contribution < -0.4 is 0 Å². The van der Waals surface area contributed by atoms with Gasteiger partial charge in [0.2, 0.25) is 0 Å². The van der Waals surface area contributed by atoms with E-state index in [2.05, 4.69) is 63.6 Å². The minimum absolute atomic E-state index is 0.284. The van der Waals surface area contributed by atoms with Crippen LogP contribution in [0.4, 0.5) is 0 Å². The third kappa shape index (κ3) is 5.88. The van der Waals surface area contributed by atoms with Gasteiger partial charge in [0.15, 0.2) is 0 Å². The molecule has 0 aliphatic heterocycles. The molecule has 0 fully saturated rings. The van der Waals surface area contributed by atoms with E-state index in [-0.39, 0.29) is 5.29 Å². The molecule has 0 aromatic rings. The summed E-state index contributed by atoms with van der Waals surface area (Å²) in [6, 6.07) is 1.23. The number of hydrogen-bond acceptors (Lipinski definition) is 2. The van der Waals surface area contributed by atoms with Crippen LogP contribution in [0.3, 0.4) is 0 Å². The zero-order valence-electron chi connectivity index (χ0n) is 15.6. The fraction of sp³-hybridized carbons (Fsp3) is 0.889. The molecule has 0 N–H and O–H groups in total. The summed E-state index contributed by atoms with van der Waals surface area (Å²) in [5.74, 6) is 0. The van der Waals surface area contributed by atoms with Crippen LogP contribution in [0.5, 0.6) is 0 Å². The summed E-state index contributed by atoms with van der Waals surface area (Å²) in [6.45, 7) is 23.2. The van der Waals surface area contributed by atoms with Crippen molar-refractivity contribution in [1.29, 1.82) is 0 Å². The van der Waals surface area contributed by atoms with Crippen molar-refractivity contribution in [1.82, 2.24) is 9.80 Å². The Hall–Kier alpha value is -0.123. The van der Waals surface area contributed by atoms with Crippen molar-refractivity contribution in [3.63, 3.8) is 0 Å². The number of hydrogen-bond donors (Lipinski definition) is 0. The molecule has 0 aliphatic rings. The molecule has 3 heteroatoms. The van der Waals surface area contributed by atoms with Gasteiger partial charge >= 0.3 is 0 Å². The van der Waals surface area contributed by atoms with Crippen LogP contribution in [-0.2, 0) is 0 Å². The molecule has 1 atom stereocenters. The van der Waals surface area contributed by atoms with Crippen molar-refractivity contribution in [2.24, 2.45) is 0 Å². The van der Waals surface area contributed by atoms with E-state index in [4.69, 9.17) is 0 Å². The average molecular weight is 313 g/mol. The SMILES string of the molecule is C=CC[SiH](C)C(C)(N(CCC)CCC)N(CCC)CCC. The highest BCUT2D eigenvalue weighted by molar-refractivity contribution is 6.61. The monoisotopic (exact) mass is 312 g/mol. The van der Waals surface area contributed by atoms with Crippen LogP contribution in [-0.4, -0.2) is 50.1 Å². The standard InChI is InChI=1S/C18H40N2Si/c1-8-13-19(14-9-2)18(6,21(7)17-12-5)20(15-10-3)16-11-4/h12,21H,5,8-11,13-17H2,1-4,6-7H3. The van der Waals surface area contributed by atoms with Gasteiger partial charge in [0.1, 0.15) is 0 Å². The van der Waals surface area contributed by atoms with E-state index in [0.29, 0.717) is 0 Å². The van der Waals surface area contributed by atoms with E-state index in [9.17, 15) is 0 Å². The van der Waals surface area contributed by atoms with E-state index in [1.165, 1.54) is 57.9 Å². The molecule has 0 aromatic carbocycles. The molecule has 0 rings (SSSR count). The first-order valence-corrected chi connectivity index (χ1v) is 11.7. The fourth-order valence-electron chi connectivity index (χ4n) is 3.51. The predicted molar refractivity (Wildman–Crippen MR) is 101 cm³/mol. The van der Waals surface area contributed by atoms with E-state index in [1.807, 2.05) is 0 Å². The summed E-state index contributed by atoms with van der Waals surface area (Å²) in [6.07, 6.45) is 7.14. The highest BCUT2D eigenvalue weighted by atomic mass is 28.3. The minimum Gasteiger partial charge on any atom is -0.289 e. The van der Waals surface area contributed by atoms with Crippen molar-refractivity contribution in [3.05, 3.63) is 12.7 Å². The third-order valence-electron chi connectivity index (χ3n) is 4.71. The molecule has 21 heavy (non-hydrogen) atoms. The van der Waals surface area contributed by atoms with Gasteiger partial charge in [-0.15, -0.1) is 6.58 Å². The summed E-state index contributed by atoms with van der Waals surface area (Å²) in [5, 5.41) is 0.284. The van der Waals surface area contributed by atoms with Gasteiger partial charge in [0.05, 0.1) is 14.1 Å². The van der Waals surface area contributed by atoms with Crippen molar-refractivity contribution in [3.8, 4) is 0 Å². The second-order valence-corrected chi connectivity index (χ2v) is 9.86. The predicted octanol–water partition coefficient (Wildman–Crippen LogP) is 4.53. The van der Waals surface area contributed by atoms with Crippen LogP contribution in [0.15, 0.2) is 12.7 Å². The van der Waals surface area contributed by atoms with E-state index < -0.39 is 8.80 Å². The number of allylic oxidation sites excluding steroid dienone is 1. The van der Waals surface area contributed by atoms with E-state index in [1.54, 1.807) is 0 Å². The van der Waals surface area contributed by atoms with Gasteiger partial charge in [-0.05, 0) is 64.8 Å². The summed E-state index contributed by atoms with van der Waals surface area (Å²) < 4.78 is 0. The summed E-state index contributed by atoms with van der Waals surface area (Å²) in [5.41, 5.74) is 0. The van der Waals surface area contributed by atoms with Crippen molar-refractivity contribution >= 4 is 8.80 Å². The quantitative estimate of drug-likeness (QED) is 0.280. The fourth-order valence-corrected chi connectivity index (χ4v) is 6.21. The van der Waals surface area contributed by atoms with Crippen LogP contribution in [0.1, 0.15) is 60.3 Å². The molecule has 126 valence electrons. The lowest BCUT2D eigenvalue weighted by atomic mass is 10.2. The molecule has 0 bridgehead atoms. The Labute approximate surface area is 136 Å². The van der Waals surface area contributed by atoms with Crippen molar-refractivity contribution in [2.45, 2.75) is 78.2 Å². The molecule has 0 saturated carbocycles. The van der Waals surface area contributed by atoms with E-state index >= 15 is 0 Å². The molecule has 0 saturated heterocycles. The Morgan fingerprint density at radius 1 is 0.857 bits per heavy atom. The van der Waals surface area contributed by atoms with Crippen molar-refractivity contribution < 1.29 is 0 Å². The first-order chi connectivity index (χ1) is 10.0. The summed E-state index contributed by atoms with van der Waals surface area (Å²) in [4.78, 5) is 5.58. The highest BCUT2D eigenvalue weighted by Crippen LogP contribution is 2.27. The second kappa shape index (κ2) is 11.4. The van der Waals surface area contributed by atoms with Gasteiger partial charge in [0, 0.05) is 0 Å². The van der Waals surface area contributed by atoms with Crippen LogP contribution in [0.25, 0.3) is 0 Å². The molecule has 0 spiro atoms. The number of nitrogens with zero attached hydrogens (tertiary/aromatic N) is 2. The lowest BCUT2D eigenvalue weighted by molar-refractivity contribution is 0.0121. The van der Waals surface area contributed by atoms with E-state index in [0.717, 1.165) is 0 Å². The van der Waals surface area contributed by atoms with Gasteiger partial charge in [-0.25, -0.2) is 0 Å². The molecular weight excluding hydrogens is 272 g/mol. The number of rotatable bonds is 13. The minimum atomic E-state index is -0.940. The average Bonchev–Trinajstić information content (AvgIpc) is 2.46. The Balaban J connectivity index is 5.50. The van der Waals surface area contributed by atoms with Gasteiger partial charge in [-0.1, -0.05) is 40.3 Å². The van der Waals surface area contributed by atoms with Crippen LogP contribution in [0, 0.1) is 0 Å². The molecule has 0 heterocycles. The lowest BCUT2D eigenvalue weighted by Crippen LogP contribution is -2.66. The smallest absolute Gasteiger partial charge is 0.0796 e. The van der Waals surface area contributed by atoms with Gasteiger partial charge in [-0.3, -0.25) is 9.80 Å². The lowest BCUT2D eigenvalue weighted by Gasteiger charge is -2.52. The maximum absolute atomic E-state index is 4.01. The summed E-state index contributed by atoms with van der Waals surface area (Å²) >= 11 is 0. The Kier molecular flexibility index (Phi) is 11.4. The molecule has 0 aliphatic carbocycles. The largest absolute Gasteiger partial charge is 0.289 e. The van der Waals surface area contributed by atoms with Crippen LogP contribution in [0.2, 0.25) is 12.6 Å². The maximum atomic E-state index is 4.01. The Morgan fingerprint density at radius 3 is 1.43 bits per heavy atom. The molecule has 1 unspecified atom stereocenters. The Morgan fingerprint density at radius 2 is 1.19 bits per heavy atom. The topological polar surface area (TPSA) is 6.48 Å². The molecular formula is C18H40N2Si. The first-order valence-electron chi connectivity index (χ1n) is 9.13. The van der Waals surface area contributed by atoms with Crippen molar-refractivity contribution in [2.75, 3.05) is 26.2 Å². The normalized spacial score (nSPS) is 13.9. The second-order valence-electron chi connectivity index (χ2n) is 6.49. The zero-order chi connectivity index (χ0) is 16.3. The zero-order valence-corrected chi connectivity index (χ0v) is 16.8. The highest BCUT2D eigenvalue weighted by Gasteiger charge is 2.41.